The van der Waals surface area contributed by atoms with Gasteiger partial charge in [0.05, 0.1) is 12.7 Å². The van der Waals surface area contributed by atoms with Gasteiger partial charge in [-0.15, -0.1) is 0 Å². The molecule has 0 saturated heterocycles. The van der Waals surface area contributed by atoms with Crippen LogP contribution in [0.25, 0.3) is 0 Å². The SMILES string of the molecule is COc1cccc(C(=O)N(C)C(C)C(C)(C)C)c1O. The number of hydrogen-bond donors (Lipinski definition) is 1. The molecule has 0 aliphatic carbocycles. The number of aromatic hydroxyl groups is 1. The maximum atomic E-state index is 12.4. The number of benzene rings is 1. The molecule has 1 unspecified atom stereocenters. The first kappa shape index (κ1) is 15.3. The zero-order valence-corrected chi connectivity index (χ0v) is 12.5. The molecule has 1 aromatic carbocycles. The van der Waals surface area contributed by atoms with E-state index < -0.39 is 0 Å². The number of carbonyl (C=O) groups is 1. The maximum Gasteiger partial charge on any atom is 0.257 e. The van der Waals surface area contributed by atoms with Crippen LogP contribution in [0.5, 0.6) is 11.5 Å². The van der Waals surface area contributed by atoms with E-state index >= 15 is 0 Å². The maximum absolute atomic E-state index is 12.4. The summed E-state index contributed by atoms with van der Waals surface area (Å²) < 4.78 is 5.02. The molecule has 4 nitrogen and oxygen atoms in total. The molecule has 0 aromatic heterocycles. The Hall–Kier alpha value is -1.71. The minimum Gasteiger partial charge on any atom is -0.504 e. The summed E-state index contributed by atoms with van der Waals surface area (Å²) in [5, 5.41) is 10.0. The van der Waals surface area contributed by atoms with E-state index in [0.717, 1.165) is 0 Å². The van der Waals surface area contributed by atoms with Gasteiger partial charge in [0, 0.05) is 13.1 Å². The fraction of sp³-hybridized carbons (Fsp3) is 0.533. The highest BCUT2D eigenvalue weighted by atomic mass is 16.5. The van der Waals surface area contributed by atoms with Gasteiger partial charge in [-0.1, -0.05) is 26.8 Å². The van der Waals surface area contributed by atoms with Crippen molar-refractivity contribution in [1.82, 2.24) is 4.90 Å². The van der Waals surface area contributed by atoms with Crippen molar-refractivity contribution < 1.29 is 14.6 Å². The van der Waals surface area contributed by atoms with Crippen LogP contribution in [0, 0.1) is 5.41 Å². The predicted octanol–water partition coefficient (Wildman–Crippen LogP) is 2.91. The number of phenolic OH excluding ortho intramolecular Hbond substituents is 1. The highest BCUT2D eigenvalue weighted by Gasteiger charge is 2.29. The lowest BCUT2D eigenvalue weighted by molar-refractivity contribution is 0.0625. The first-order chi connectivity index (χ1) is 8.70. The Labute approximate surface area is 115 Å². The van der Waals surface area contributed by atoms with Gasteiger partial charge in [-0.05, 0) is 24.5 Å². The molecule has 0 heterocycles. The number of carbonyl (C=O) groups excluding carboxylic acids is 1. The number of phenols is 1. The Bertz CT molecular complexity index is 463. The molecule has 0 bridgehead atoms. The monoisotopic (exact) mass is 265 g/mol. The second kappa shape index (κ2) is 5.51. The van der Waals surface area contributed by atoms with Crippen LogP contribution in [0.4, 0.5) is 0 Å². The van der Waals surface area contributed by atoms with Crippen LogP contribution in [0.1, 0.15) is 38.1 Å². The summed E-state index contributed by atoms with van der Waals surface area (Å²) in [5.74, 6) is -0.00977. The van der Waals surface area contributed by atoms with Crippen molar-refractivity contribution in [2.24, 2.45) is 5.41 Å². The molecule has 0 spiro atoms. The molecule has 1 amide bonds. The molecule has 0 saturated carbocycles. The standard InChI is InChI=1S/C15H23NO3/c1-10(15(2,3)4)16(5)14(18)11-8-7-9-12(19-6)13(11)17/h7-10,17H,1-6H3. The van der Waals surface area contributed by atoms with Crippen LogP contribution in [-0.4, -0.2) is 36.1 Å². The summed E-state index contributed by atoms with van der Waals surface area (Å²) in [6.45, 7) is 8.22. The zero-order chi connectivity index (χ0) is 14.8. The minimum atomic E-state index is -0.209. The van der Waals surface area contributed by atoms with Crippen molar-refractivity contribution in [3.63, 3.8) is 0 Å². The normalized spacial score (nSPS) is 12.9. The summed E-state index contributed by atoms with van der Waals surface area (Å²) in [6.07, 6.45) is 0. The molecule has 1 atom stereocenters. The van der Waals surface area contributed by atoms with Crippen LogP contribution in [-0.2, 0) is 0 Å². The first-order valence-corrected chi connectivity index (χ1v) is 6.33. The average Bonchev–Trinajstić information content (AvgIpc) is 2.35. The Morgan fingerprint density at radius 1 is 1.37 bits per heavy atom. The molecule has 106 valence electrons. The highest BCUT2D eigenvalue weighted by molar-refractivity contribution is 5.97. The van der Waals surface area contributed by atoms with Gasteiger partial charge >= 0.3 is 0 Å². The Morgan fingerprint density at radius 2 is 1.95 bits per heavy atom. The van der Waals surface area contributed by atoms with E-state index in [1.807, 2.05) is 6.92 Å². The number of rotatable bonds is 3. The van der Waals surface area contributed by atoms with Gasteiger partial charge in [0.25, 0.3) is 5.91 Å². The number of nitrogens with zero attached hydrogens (tertiary/aromatic N) is 1. The molecule has 0 radical (unpaired) electrons. The minimum absolute atomic E-state index is 0.0289. The molecule has 19 heavy (non-hydrogen) atoms. The van der Waals surface area contributed by atoms with Gasteiger partial charge < -0.3 is 14.7 Å². The zero-order valence-electron chi connectivity index (χ0n) is 12.5. The molecule has 1 rings (SSSR count). The predicted molar refractivity (Wildman–Crippen MR) is 75.7 cm³/mol. The van der Waals surface area contributed by atoms with Crippen LogP contribution in [0.2, 0.25) is 0 Å². The highest BCUT2D eigenvalue weighted by Crippen LogP contribution is 2.31. The van der Waals surface area contributed by atoms with E-state index in [2.05, 4.69) is 20.8 Å². The molecular weight excluding hydrogens is 242 g/mol. The molecule has 0 aliphatic heterocycles. The fourth-order valence-electron chi connectivity index (χ4n) is 1.81. The third kappa shape index (κ3) is 3.19. The van der Waals surface area contributed by atoms with E-state index in [4.69, 9.17) is 4.74 Å². The van der Waals surface area contributed by atoms with E-state index in [-0.39, 0.29) is 28.7 Å². The summed E-state index contributed by atoms with van der Waals surface area (Å²) in [7, 11) is 3.21. The van der Waals surface area contributed by atoms with Crippen molar-refractivity contribution in [3.05, 3.63) is 23.8 Å². The topological polar surface area (TPSA) is 49.8 Å². The van der Waals surface area contributed by atoms with Crippen molar-refractivity contribution in [1.29, 1.82) is 0 Å². The number of para-hydroxylation sites is 1. The largest absolute Gasteiger partial charge is 0.504 e. The van der Waals surface area contributed by atoms with Crippen molar-refractivity contribution in [3.8, 4) is 11.5 Å². The van der Waals surface area contributed by atoms with E-state index in [1.165, 1.54) is 7.11 Å². The third-order valence-electron chi connectivity index (χ3n) is 3.60. The summed E-state index contributed by atoms with van der Waals surface area (Å²) in [4.78, 5) is 14.1. The van der Waals surface area contributed by atoms with Crippen LogP contribution >= 0.6 is 0 Å². The number of hydrogen-bond acceptors (Lipinski definition) is 3. The second-order valence-electron chi connectivity index (χ2n) is 5.81. The van der Waals surface area contributed by atoms with Crippen LogP contribution in [0.3, 0.4) is 0 Å². The van der Waals surface area contributed by atoms with Gasteiger partial charge in [0.2, 0.25) is 0 Å². The van der Waals surface area contributed by atoms with Crippen LogP contribution in [0.15, 0.2) is 18.2 Å². The summed E-state index contributed by atoms with van der Waals surface area (Å²) in [6, 6.07) is 4.97. The molecule has 1 N–H and O–H groups in total. The van der Waals surface area contributed by atoms with E-state index in [0.29, 0.717) is 5.75 Å². The number of ether oxygens (including phenoxy) is 1. The first-order valence-electron chi connectivity index (χ1n) is 6.33. The molecule has 4 heteroatoms. The lowest BCUT2D eigenvalue weighted by atomic mass is 9.87. The third-order valence-corrected chi connectivity index (χ3v) is 3.60. The number of amides is 1. The Kier molecular flexibility index (Phi) is 4.45. The Balaban J connectivity index is 3.08. The van der Waals surface area contributed by atoms with Crippen molar-refractivity contribution in [2.45, 2.75) is 33.7 Å². The lowest BCUT2D eigenvalue weighted by Gasteiger charge is -2.35. The molecule has 0 fully saturated rings. The van der Waals surface area contributed by atoms with Gasteiger partial charge in [-0.25, -0.2) is 0 Å². The molecular formula is C15H23NO3. The van der Waals surface area contributed by atoms with Crippen molar-refractivity contribution in [2.75, 3.05) is 14.2 Å². The quantitative estimate of drug-likeness (QED) is 0.914. The smallest absolute Gasteiger partial charge is 0.257 e. The van der Waals surface area contributed by atoms with E-state index in [9.17, 15) is 9.90 Å². The van der Waals surface area contributed by atoms with Crippen LogP contribution < -0.4 is 4.74 Å². The van der Waals surface area contributed by atoms with Gasteiger partial charge in [-0.2, -0.15) is 0 Å². The Morgan fingerprint density at radius 3 is 2.42 bits per heavy atom. The van der Waals surface area contributed by atoms with Gasteiger partial charge in [0.1, 0.15) is 0 Å². The molecule has 0 aliphatic rings. The van der Waals surface area contributed by atoms with Gasteiger partial charge in [-0.3, -0.25) is 4.79 Å². The van der Waals surface area contributed by atoms with Crippen molar-refractivity contribution >= 4 is 5.91 Å². The fourth-order valence-corrected chi connectivity index (χ4v) is 1.81. The summed E-state index contributed by atoms with van der Waals surface area (Å²) in [5.41, 5.74) is 0.233. The lowest BCUT2D eigenvalue weighted by Crippen LogP contribution is -2.43. The second-order valence-corrected chi connectivity index (χ2v) is 5.81. The van der Waals surface area contributed by atoms with Gasteiger partial charge in [0.15, 0.2) is 11.5 Å². The number of methoxy groups -OCH3 is 1. The molecule has 1 aromatic rings. The summed E-state index contributed by atoms with van der Waals surface area (Å²) >= 11 is 0. The average molecular weight is 265 g/mol. The van der Waals surface area contributed by atoms with E-state index in [1.54, 1.807) is 30.1 Å².